The van der Waals surface area contributed by atoms with Gasteiger partial charge in [-0.2, -0.15) is 0 Å². The first-order chi connectivity index (χ1) is 8.50. The van der Waals surface area contributed by atoms with E-state index >= 15 is 0 Å². The maximum atomic E-state index is 11.3. The molecule has 0 aromatic heterocycles. The highest BCUT2D eigenvalue weighted by Crippen LogP contribution is 2.23. The molecule has 0 amide bonds. The number of sulfone groups is 1. The van der Waals surface area contributed by atoms with Gasteiger partial charge in [0.25, 0.3) is 0 Å². The van der Waals surface area contributed by atoms with Crippen LogP contribution in [0.5, 0.6) is 5.75 Å². The second kappa shape index (κ2) is 5.16. The number of benzene rings is 1. The van der Waals surface area contributed by atoms with E-state index in [1.165, 1.54) is 0 Å². The van der Waals surface area contributed by atoms with Crippen LogP contribution in [0.15, 0.2) is 18.2 Å². The van der Waals surface area contributed by atoms with Crippen LogP contribution in [-0.2, 0) is 16.4 Å². The van der Waals surface area contributed by atoms with Crippen molar-refractivity contribution < 1.29 is 13.2 Å². The lowest BCUT2D eigenvalue weighted by atomic mass is 10.1. The summed E-state index contributed by atoms with van der Waals surface area (Å²) in [4.78, 5) is 2.12. The summed E-state index contributed by atoms with van der Waals surface area (Å²) in [5.41, 5.74) is 7.40. The average molecular weight is 270 g/mol. The van der Waals surface area contributed by atoms with Gasteiger partial charge in [0.15, 0.2) is 9.84 Å². The lowest BCUT2D eigenvalue weighted by Gasteiger charge is -2.27. The predicted octanol–water partition coefficient (Wildman–Crippen LogP) is 0.508. The van der Waals surface area contributed by atoms with Gasteiger partial charge in [0, 0.05) is 37.0 Å². The summed E-state index contributed by atoms with van der Waals surface area (Å²) in [7, 11) is -1.21. The van der Waals surface area contributed by atoms with Crippen LogP contribution in [0, 0.1) is 0 Å². The Kier molecular flexibility index (Phi) is 3.77. The highest BCUT2D eigenvalue weighted by molar-refractivity contribution is 7.91. The fourth-order valence-electron chi connectivity index (χ4n) is 2.04. The topological polar surface area (TPSA) is 72.6 Å². The molecule has 1 aromatic carbocycles. The van der Waals surface area contributed by atoms with E-state index in [9.17, 15) is 8.42 Å². The molecule has 1 fully saturated rings. The third-order valence-corrected chi connectivity index (χ3v) is 4.75. The van der Waals surface area contributed by atoms with Gasteiger partial charge in [0.2, 0.25) is 0 Å². The van der Waals surface area contributed by atoms with Crippen LogP contribution in [0.3, 0.4) is 0 Å². The van der Waals surface area contributed by atoms with Gasteiger partial charge in [-0.15, -0.1) is 0 Å². The van der Waals surface area contributed by atoms with Gasteiger partial charge in [-0.3, -0.25) is 4.90 Å². The van der Waals surface area contributed by atoms with Gasteiger partial charge in [-0.1, -0.05) is 6.07 Å². The Hall–Kier alpha value is -1.27. The summed E-state index contributed by atoms with van der Waals surface area (Å²) < 4.78 is 28.0. The number of nitrogen functional groups attached to an aromatic ring is 1. The zero-order valence-electron chi connectivity index (χ0n) is 10.4. The van der Waals surface area contributed by atoms with Crippen molar-refractivity contribution in [1.29, 1.82) is 0 Å². The fourth-order valence-corrected chi connectivity index (χ4v) is 3.32. The zero-order valence-corrected chi connectivity index (χ0v) is 11.2. The lowest BCUT2D eigenvalue weighted by molar-refractivity contribution is 0.282. The van der Waals surface area contributed by atoms with E-state index < -0.39 is 9.84 Å². The molecule has 0 atom stereocenters. The summed E-state index contributed by atoms with van der Waals surface area (Å²) in [5.74, 6) is 1.23. The molecule has 0 unspecified atom stereocenters. The molecular formula is C12H18N2O3S. The number of methoxy groups -OCH3 is 1. The maximum Gasteiger partial charge on any atom is 0.152 e. The Balaban J connectivity index is 2.06. The van der Waals surface area contributed by atoms with Gasteiger partial charge in [0.1, 0.15) is 5.75 Å². The molecule has 1 heterocycles. The third-order valence-electron chi connectivity index (χ3n) is 3.14. The molecule has 0 aliphatic carbocycles. The minimum Gasteiger partial charge on any atom is -0.496 e. The molecule has 1 aliphatic rings. The molecule has 0 bridgehead atoms. The first-order valence-corrected chi connectivity index (χ1v) is 7.67. The standard InChI is InChI=1S/C12H18N2O3S/c1-17-12-8-11(13)3-2-10(12)9-14-4-6-18(15,16)7-5-14/h2-3,8H,4-7,9,13H2,1H3. The second-order valence-corrected chi connectivity index (χ2v) is 6.80. The molecule has 1 aliphatic heterocycles. The Labute approximate surface area is 107 Å². The smallest absolute Gasteiger partial charge is 0.152 e. The third kappa shape index (κ3) is 3.14. The summed E-state index contributed by atoms with van der Waals surface area (Å²) in [6.07, 6.45) is 0. The summed E-state index contributed by atoms with van der Waals surface area (Å²) >= 11 is 0. The Bertz CT molecular complexity index is 514. The molecule has 5 nitrogen and oxygen atoms in total. The van der Waals surface area contributed by atoms with Gasteiger partial charge in [-0.25, -0.2) is 8.42 Å². The monoisotopic (exact) mass is 270 g/mol. The molecule has 18 heavy (non-hydrogen) atoms. The van der Waals surface area contributed by atoms with Crippen molar-refractivity contribution in [3.8, 4) is 5.75 Å². The quantitative estimate of drug-likeness (QED) is 0.810. The second-order valence-electron chi connectivity index (χ2n) is 4.50. The highest BCUT2D eigenvalue weighted by atomic mass is 32.2. The highest BCUT2D eigenvalue weighted by Gasteiger charge is 2.22. The van der Waals surface area contributed by atoms with Crippen LogP contribution in [0.4, 0.5) is 5.69 Å². The van der Waals surface area contributed by atoms with Crippen LogP contribution in [0.1, 0.15) is 5.56 Å². The molecule has 0 saturated carbocycles. The van der Waals surface area contributed by atoms with Crippen molar-refractivity contribution >= 4 is 15.5 Å². The van der Waals surface area contributed by atoms with Crippen molar-refractivity contribution in [3.05, 3.63) is 23.8 Å². The molecule has 2 N–H and O–H groups in total. The SMILES string of the molecule is COc1cc(N)ccc1CN1CCS(=O)(=O)CC1. The average Bonchev–Trinajstić information content (AvgIpc) is 2.34. The summed E-state index contributed by atoms with van der Waals surface area (Å²) in [6, 6.07) is 5.55. The van der Waals surface area contributed by atoms with Crippen molar-refractivity contribution in [2.24, 2.45) is 0 Å². The number of hydrogen-bond donors (Lipinski definition) is 1. The van der Waals surface area contributed by atoms with E-state index in [0.717, 1.165) is 11.3 Å². The van der Waals surface area contributed by atoms with Crippen LogP contribution in [-0.4, -0.2) is 45.0 Å². The van der Waals surface area contributed by atoms with Crippen LogP contribution in [0.2, 0.25) is 0 Å². The van der Waals surface area contributed by atoms with Crippen LogP contribution in [0.25, 0.3) is 0 Å². The van der Waals surface area contributed by atoms with E-state index in [4.69, 9.17) is 10.5 Å². The molecule has 1 saturated heterocycles. The molecule has 0 spiro atoms. The first kappa shape index (κ1) is 13.2. The fraction of sp³-hybridized carbons (Fsp3) is 0.500. The predicted molar refractivity (Wildman–Crippen MR) is 71.3 cm³/mol. The van der Waals surface area contributed by atoms with Crippen LogP contribution >= 0.6 is 0 Å². The van der Waals surface area contributed by atoms with Crippen LogP contribution < -0.4 is 10.5 Å². The maximum absolute atomic E-state index is 11.3. The van der Waals surface area contributed by atoms with Gasteiger partial charge >= 0.3 is 0 Å². The van der Waals surface area contributed by atoms with Gasteiger partial charge in [0.05, 0.1) is 18.6 Å². The Morgan fingerprint density at radius 3 is 2.61 bits per heavy atom. The minimum absolute atomic E-state index is 0.240. The normalized spacial score (nSPS) is 19.6. The van der Waals surface area contributed by atoms with E-state index in [-0.39, 0.29) is 11.5 Å². The van der Waals surface area contributed by atoms with Gasteiger partial charge in [-0.05, 0) is 6.07 Å². The molecular weight excluding hydrogens is 252 g/mol. The molecule has 2 rings (SSSR count). The van der Waals surface area contributed by atoms with E-state index in [1.807, 2.05) is 12.1 Å². The van der Waals surface area contributed by atoms with E-state index in [0.29, 0.717) is 25.3 Å². The summed E-state index contributed by atoms with van der Waals surface area (Å²) in [5, 5.41) is 0. The number of hydrogen-bond acceptors (Lipinski definition) is 5. The van der Waals surface area contributed by atoms with Crippen molar-refractivity contribution in [1.82, 2.24) is 4.90 Å². The van der Waals surface area contributed by atoms with E-state index in [2.05, 4.69) is 4.90 Å². The summed E-state index contributed by atoms with van der Waals surface area (Å²) in [6.45, 7) is 1.85. The van der Waals surface area contributed by atoms with E-state index in [1.54, 1.807) is 13.2 Å². The first-order valence-electron chi connectivity index (χ1n) is 5.85. The van der Waals surface area contributed by atoms with Crippen molar-refractivity contribution in [3.63, 3.8) is 0 Å². The van der Waals surface area contributed by atoms with Gasteiger partial charge < -0.3 is 10.5 Å². The Morgan fingerprint density at radius 1 is 1.33 bits per heavy atom. The number of rotatable bonds is 3. The number of anilines is 1. The minimum atomic E-state index is -2.82. The van der Waals surface area contributed by atoms with Crippen molar-refractivity contribution in [2.75, 3.05) is 37.4 Å². The number of ether oxygens (including phenoxy) is 1. The zero-order chi connectivity index (χ0) is 13.2. The van der Waals surface area contributed by atoms with Crippen molar-refractivity contribution in [2.45, 2.75) is 6.54 Å². The lowest BCUT2D eigenvalue weighted by Crippen LogP contribution is -2.39. The number of nitrogens with two attached hydrogens (primary N) is 1. The Morgan fingerprint density at radius 2 is 2.00 bits per heavy atom. The molecule has 1 aromatic rings. The molecule has 100 valence electrons. The number of nitrogens with zero attached hydrogens (tertiary/aromatic N) is 1. The molecule has 0 radical (unpaired) electrons. The largest absolute Gasteiger partial charge is 0.496 e. The molecule has 6 heteroatoms.